The lowest BCUT2D eigenvalue weighted by Gasteiger charge is -2.37. The summed E-state index contributed by atoms with van der Waals surface area (Å²) in [5, 5.41) is 1.20. The summed E-state index contributed by atoms with van der Waals surface area (Å²) in [5.41, 5.74) is 1.14. The summed E-state index contributed by atoms with van der Waals surface area (Å²) < 4.78 is 1.30. The molecule has 1 aromatic carbocycles. The van der Waals surface area contributed by atoms with Crippen LogP contribution in [0.2, 0.25) is 0 Å². The standard InChI is InChI=1S/C15H21N3S/c1-17(2)11-12-7-5-6-10-18(12)15-16-13-8-3-4-9-14(13)19-15/h3-4,8-9,12H,5-7,10-11H2,1-2H3. The Kier molecular flexibility index (Phi) is 3.71. The van der Waals surface area contributed by atoms with Gasteiger partial charge in [0.05, 0.1) is 10.2 Å². The number of aromatic nitrogens is 1. The van der Waals surface area contributed by atoms with Crippen molar-refractivity contribution in [3.05, 3.63) is 24.3 Å². The number of anilines is 1. The molecular formula is C15H21N3S. The van der Waals surface area contributed by atoms with Crippen LogP contribution in [0.5, 0.6) is 0 Å². The van der Waals surface area contributed by atoms with Gasteiger partial charge >= 0.3 is 0 Å². The van der Waals surface area contributed by atoms with Gasteiger partial charge in [0.15, 0.2) is 5.13 Å². The van der Waals surface area contributed by atoms with Crippen LogP contribution in [0.15, 0.2) is 24.3 Å². The summed E-state index contributed by atoms with van der Waals surface area (Å²) in [6.45, 7) is 2.27. The highest BCUT2D eigenvalue weighted by atomic mass is 32.1. The molecule has 1 aliphatic rings. The van der Waals surface area contributed by atoms with Gasteiger partial charge in [-0.2, -0.15) is 0 Å². The zero-order valence-electron chi connectivity index (χ0n) is 11.7. The number of nitrogens with zero attached hydrogens (tertiary/aromatic N) is 3. The number of piperidine rings is 1. The first-order valence-corrected chi connectivity index (χ1v) is 7.82. The molecule has 0 amide bonds. The van der Waals surface area contributed by atoms with Gasteiger partial charge in [-0.25, -0.2) is 4.98 Å². The minimum Gasteiger partial charge on any atom is -0.344 e. The van der Waals surface area contributed by atoms with Crippen LogP contribution < -0.4 is 4.90 Å². The third-order valence-electron chi connectivity index (χ3n) is 3.73. The number of hydrogen-bond acceptors (Lipinski definition) is 4. The Hall–Kier alpha value is -1.13. The van der Waals surface area contributed by atoms with Crippen molar-refractivity contribution in [2.24, 2.45) is 0 Å². The van der Waals surface area contributed by atoms with Crippen LogP contribution >= 0.6 is 11.3 Å². The lowest BCUT2D eigenvalue weighted by molar-refractivity contribution is 0.328. The largest absolute Gasteiger partial charge is 0.344 e. The molecule has 0 N–H and O–H groups in total. The second-order valence-corrected chi connectivity index (χ2v) is 6.58. The quantitative estimate of drug-likeness (QED) is 0.857. The van der Waals surface area contributed by atoms with E-state index >= 15 is 0 Å². The van der Waals surface area contributed by atoms with Crippen molar-refractivity contribution in [1.82, 2.24) is 9.88 Å². The fourth-order valence-corrected chi connectivity index (χ4v) is 3.91. The molecule has 4 heteroatoms. The maximum atomic E-state index is 4.82. The summed E-state index contributed by atoms with van der Waals surface area (Å²) >= 11 is 1.83. The number of hydrogen-bond donors (Lipinski definition) is 0. The highest BCUT2D eigenvalue weighted by Crippen LogP contribution is 2.32. The van der Waals surface area contributed by atoms with E-state index in [1.54, 1.807) is 0 Å². The number of para-hydroxylation sites is 1. The van der Waals surface area contributed by atoms with Crippen molar-refractivity contribution in [1.29, 1.82) is 0 Å². The Morgan fingerprint density at radius 2 is 2.16 bits per heavy atom. The molecule has 1 fully saturated rings. The predicted molar refractivity (Wildman–Crippen MR) is 83.2 cm³/mol. The van der Waals surface area contributed by atoms with E-state index in [1.807, 2.05) is 11.3 Å². The van der Waals surface area contributed by atoms with Gasteiger partial charge in [0.1, 0.15) is 0 Å². The van der Waals surface area contributed by atoms with E-state index in [9.17, 15) is 0 Å². The lowest BCUT2D eigenvalue weighted by Crippen LogP contribution is -2.45. The van der Waals surface area contributed by atoms with Gasteiger partial charge in [0, 0.05) is 19.1 Å². The summed E-state index contributed by atoms with van der Waals surface area (Å²) in [7, 11) is 4.32. The monoisotopic (exact) mass is 275 g/mol. The zero-order chi connectivity index (χ0) is 13.2. The molecule has 1 aromatic heterocycles. The smallest absolute Gasteiger partial charge is 0.186 e. The Bertz CT molecular complexity index is 516. The number of likely N-dealkylation sites (N-methyl/N-ethyl adjacent to an activating group) is 1. The van der Waals surface area contributed by atoms with E-state index in [4.69, 9.17) is 4.98 Å². The molecule has 2 heterocycles. The van der Waals surface area contributed by atoms with Crippen molar-refractivity contribution in [3.8, 4) is 0 Å². The van der Waals surface area contributed by atoms with Crippen molar-refractivity contribution < 1.29 is 0 Å². The molecule has 1 unspecified atom stereocenters. The molecule has 102 valence electrons. The normalized spacial score (nSPS) is 20.4. The van der Waals surface area contributed by atoms with E-state index in [1.165, 1.54) is 29.1 Å². The molecule has 1 aliphatic heterocycles. The highest BCUT2D eigenvalue weighted by molar-refractivity contribution is 7.22. The van der Waals surface area contributed by atoms with Gasteiger partial charge in [0.2, 0.25) is 0 Å². The van der Waals surface area contributed by atoms with E-state index in [2.05, 4.69) is 48.2 Å². The van der Waals surface area contributed by atoms with Gasteiger partial charge in [-0.05, 0) is 45.5 Å². The van der Waals surface area contributed by atoms with E-state index in [0.717, 1.165) is 18.6 Å². The molecular weight excluding hydrogens is 254 g/mol. The fourth-order valence-electron chi connectivity index (χ4n) is 2.85. The average Bonchev–Trinajstić information content (AvgIpc) is 2.82. The minimum absolute atomic E-state index is 0.615. The SMILES string of the molecule is CN(C)CC1CCCCN1c1nc2ccccc2s1. The maximum absolute atomic E-state index is 4.82. The molecule has 19 heavy (non-hydrogen) atoms. The number of thiazole rings is 1. The van der Waals surface area contributed by atoms with Crippen LogP contribution in [-0.2, 0) is 0 Å². The van der Waals surface area contributed by atoms with Gasteiger partial charge in [-0.15, -0.1) is 0 Å². The van der Waals surface area contributed by atoms with Crippen LogP contribution in [-0.4, -0.2) is 43.1 Å². The molecule has 1 atom stereocenters. The first-order valence-electron chi connectivity index (χ1n) is 7.01. The van der Waals surface area contributed by atoms with Crippen molar-refractivity contribution >= 4 is 26.7 Å². The van der Waals surface area contributed by atoms with Crippen LogP contribution in [0.4, 0.5) is 5.13 Å². The van der Waals surface area contributed by atoms with Crippen molar-refractivity contribution in [2.45, 2.75) is 25.3 Å². The second kappa shape index (κ2) is 5.47. The van der Waals surface area contributed by atoms with Crippen LogP contribution in [0, 0.1) is 0 Å². The first kappa shape index (κ1) is 12.9. The second-order valence-electron chi connectivity index (χ2n) is 5.57. The molecule has 3 rings (SSSR count). The van der Waals surface area contributed by atoms with E-state index < -0.39 is 0 Å². The van der Waals surface area contributed by atoms with Crippen LogP contribution in [0.1, 0.15) is 19.3 Å². The summed E-state index contributed by atoms with van der Waals surface area (Å²) in [6, 6.07) is 9.06. The molecule has 0 radical (unpaired) electrons. The summed E-state index contributed by atoms with van der Waals surface area (Å²) in [6.07, 6.45) is 3.92. The minimum atomic E-state index is 0.615. The van der Waals surface area contributed by atoms with Crippen molar-refractivity contribution in [3.63, 3.8) is 0 Å². The van der Waals surface area contributed by atoms with Gasteiger partial charge in [0.25, 0.3) is 0 Å². The number of benzene rings is 1. The van der Waals surface area contributed by atoms with Gasteiger partial charge in [-0.3, -0.25) is 0 Å². The molecule has 0 spiro atoms. The maximum Gasteiger partial charge on any atom is 0.186 e. The fraction of sp³-hybridized carbons (Fsp3) is 0.533. The molecule has 0 bridgehead atoms. The lowest BCUT2D eigenvalue weighted by atomic mass is 10.0. The zero-order valence-corrected chi connectivity index (χ0v) is 12.5. The first-order chi connectivity index (χ1) is 9.24. The Labute approximate surface area is 118 Å². The third-order valence-corrected chi connectivity index (χ3v) is 4.80. The molecule has 1 saturated heterocycles. The predicted octanol–water partition coefficient (Wildman–Crippen LogP) is 3.22. The Morgan fingerprint density at radius 3 is 2.95 bits per heavy atom. The Morgan fingerprint density at radius 1 is 1.32 bits per heavy atom. The van der Waals surface area contributed by atoms with E-state index in [0.29, 0.717) is 6.04 Å². The van der Waals surface area contributed by atoms with Gasteiger partial charge < -0.3 is 9.80 Å². The topological polar surface area (TPSA) is 19.4 Å². The summed E-state index contributed by atoms with van der Waals surface area (Å²) in [5.74, 6) is 0. The average molecular weight is 275 g/mol. The van der Waals surface area contributed by atoms with Gasteiger partial charge in [-0.1, -0.05) is 23.5 Å². The molecule has 0 saturated carbocycles. The number of rotatable bonds is 3. The summed E-state index contributed by atoms with van der Waals surface area (Å²) in [4.78, 5) is 9.63. The van der Waals surface area contributed by atoms with Crippen LogP contribution in [0.3, 0.4) is 0 Å². The third kappa shape index (κ3) is 2.74. The van der Waals surface area contributed by atoms with Crippen molar-refractivity contribution in [2.75, 3.05) is 32.1 Å². The molecule has 0 aliphatic carbocycles. The number of fused-ring (bicyclic) bond motifs is 1. The molecule has 3 nitrogen and oxygen atoms in total. The van der Waals surface area contributed by atoms with E-state index in [-0.39, 0.29) is 0 Å². The molecule has 2 aromatic rings. The highest BCUT2D eigenvalue weighted by Gasteiger charge is 2.25. The Balaban J connectivity index is 1.89. The van der Waals surface area contributed by atoms with Crippen LogP contribution in [0.25, 0.3) is 10.2 Å².